The van der Waals surface area contributed by atoms with Gasteiger partial charge in [-0.25, -0.2) is 4.98 Å². The van der Waals surface area contributed by atoms with E-state index >= 15 is 0 Å². The number of ether oxygens (including phenoxy) is 2. The summed E-state index contributed by atoms with van der Waals surface area (Å²) in [5.74, 6) is 1.32. The van der Waals surface area contributed by atoms with Crippen LogP contribution in [0.5, 0.6) is 5.75 Å². The van der Waals surface area contributed by atoms with Crippen molar-refractivity contribution < 1.29 is 14.3 Å². The van der Waals surface area contributed by atoms with Crippen LogP contribution in [0.3, 0.4) is 0 Å². The molecule has 0 radical (unpaired) electrons. The van der Waals surface area contributed by atoms with E-state index in [1.54, 1.807) is 31.4 Å². The number of nitrogens with zero attached hydrogens (tertiary/aromatic N) is 2. The molecule has 3 aromatic rings. The van der Waals surface area contributed by atoms with Gasteiger partial charge in [0, 0.05) is 25.3 Å². The van der Waals surface area contributed by atoms with Gasteiger partial charge < -0.3 is 19.4 Å². The van der Waals surface area contributed by atoms with Crippen LogP contribution in [0.25, 0.3) is 11.0 Å². The highest BCUT2D eigenvalue weighted by molar-refractivity contribution is 6.30. The van der Waals surface area contributed by atoms with Crippen molar-refractivity contribution in [3.63, 3.8) is 0 Å². The molecule has 1 heterocycles. The average Bonchev–Trinajstić information content (AvgIpc) is 3.02. The number of nitrogens with one attached hydrogen (secondary N) is 1. The van der Waals surface area contributed by atoms with Gasteiger partial charge in [-0.1, -0.05) is 23.7 Å². The number of para-hydroxylation sites is 2. The Bertz CT molecular complexity index is 893. The van der Waals surface area contributed by atoms with Gasteiger partial charge in [0.2, 0.25) is 5.91 Å². The highest BCUT2D eigenvalue weighted by Gasteiger charge is 2.14. The molecule has 0 aliphatic heterocycles. The lowest BCUT2D eigenvalue weighted by atomic mass is 10.3. The molecule has 3 rings (SSSR count). The summed E-state index contributed by atoms with van der Waals surface area (Å²) in [4.78, 5) is 16.9. The Morgan fingerprint density at radius 2 is 1.96 bits per heavy atom. The van der Waals surface area contributed by atoms with E-state index in [4.69, 9.17) is 21.1 Å². The number of hydrogen-bond acceptors (Lipinski definition) is 4. The second-order valence-corrected chi connectivity index (χ2v) is 6.48. The van der Waals surface area contributed by atoms with Crippen molar-refractivity contribution in [3.8, 4) is 5.75 Å². The number of fused-ring (bicyclic) bond motifs is 1. The number of hydrogen-bond donors (Lipinski definition) is 1. The molecule has 0 aliphatic carbocycles. The maximum Gasteiger partial charge on any atom is 0.240 e. The zero-order valence-electron chi connectivity index (χ0n) is 15.2. The number of halogens is 1. The number of carbonyl (C=O) groups excluding carboxylic acids is 1. The number of rotatable bonds is 9. The highest BCUT2D eigenvalue weighted by atomic mass is 35.5. The molecule has 0 saturated carbocycles. The number of methoxy groups -OCH3 is 1. The van der Waals surface area contributed by atoms with E-state index < -0.39 is 0 Å². The maximum atomic E-state index is 12.3. The lowest BCUT2D eigenvalue weighted by Crippen LogP contribution is -2.29. The molecule has 142 valence electrons. The molecule has 7 heteroatoms. The molecule has 0 bridgehead atoms. The van der Waals surface area contributed by atoms with E-state index in [1.807, 2.05) is 28.8 Å². The first-order valence-electron chi connectivity index (χ1n) is 8.75. The van der Waals surface area contributed by atoms with Crippen LogP contribution in [0, 0.1) is 0 Å². The first-order chi connectivity index (χ1) is 13.2. The fourth-order valence-corrected chi connectivity index (χ4v) is 2.86. The number of carbonyl (C=O) groups is 1. The highest BCUT2D eigenvalue weighted by Crippen LogP contribution is 2.20. The Hall–Kier alpha value is -2.57. The third kappa shape index (κ3) is 5.21. The predicted molar refractivity (Wildman–Crippen MR) is 105 cm³/mol. The zero-order valence-corrected chi connectivity index (χ0v) is 15.9. The molecule has 1 amide bonds. The van der Waals surface area contributed by atoms with Crippen LogP contribution < -0.4 is 10.1 Å². The van der Waals surface area contributed by atoms with Crippen molar-refractivity contribution in [2.75, 3.05) is 20.3 Å². The number of amides is 1. The van der Waals surface area contributed by atoms with Crippen LogP contribution in [0.2, 0.25) is 5.02 Å². The fourth-order valence-electron chi connectivity index (χ4n) is 2.73. The van der Waals surface area contributed by atoms with Crippen LogP contribution in [0.1, 0.15) is 12.2 Å². The van der Waals surface area contributed by atoms with Crippen molar-refractivity contribution in [2.24, 2.45) is 0 Å². The van der Waals surface area contributed by atoms with Crippen molar-refractivity contribution in [1.29, 1.82) is 0 Å². The first kappa shape index (κ1) is 19.2. The third-order valence-electron chi connectivity index (χ3n) is 4.06. The summed E-state index contributed by atoms with van der Waals surface area (Å²) in [6.07, 6.45) is 0.777. The Kier molecular flexibility index (Phi) is 6.68. The molecule has 6 nitrogen and oxygen atoms in total. The molecular weight excluding hydrogens is 366 g/mol. The average molecular weight is 388 g/mol. The van der Waals surface area contributed by atoms with Gasteiger partial charge in [-0.3, -0.25) is 4.79 Å². The van der Waals surface area contributed by atoms with Crippen LogP contribution >= 0.6 is 11.6 Å². The second-order valence-electron chi connectivity index (χ2n) is 6.04. The molecule has 0 saturated heterocycles. The standard InChI is InChI=1S/C20H22ClN3O3/c1-26-12-4-11-22-20(25)13-24-18-6-3-2-5-17(18)23-19(24)14-27-16-9-7-15(21)8-10-16/h2-3,5-10H,4,11-14H2,1H3,(H,22,25). The number of aromatic nitrogens is 2. The molecule has 1 aromatic heterocycles. The van der Waals surface area contributed by atoms with E-state index in [0.717, 1.165) is 17.5 Å². The summed E-state index contributed by atoms with van der Waals surface area (Å²) in [6, 6.07) is 14.9. The summed E-state index contributed by atoms with van der Waals surface area (Å²) in [5.41, 5.74) is 1.73. The Morgan fingerprint density at radius 3 is 2.74 bits per heavy atom. The van der Waals surface area contributed by atoms with Gasteiger partial charge in [0.1, 0.15) is 24.7 Å². The van der Waals surface area contributed by atoms with Crippen molar-refractivity contribution in [2.45, 2.75) is 19.6 Å². The lowest BCUT2D eigenvalue weighted by molar-refractivity contribution is -0.121. The summed E-state index contributed by atoms with van der Waals surface area (Å²) in [7, 11) is 1.65. The zero-order chi connectivity index (χ0) is 19.1. The molecule has 0 fully saturated rings. The van der Waals surface area contributed by atoms with Crippen LogP contribution in [-0.4, -0.2) is 35.7 Å². The minimum Gasteiger partial charge on any atom is -0.486 e. The van der Waals surface area contributed by atoms with Gasteiger partial charge in [0.05, 0.1) is 11.0 Å². The van der Waals surface area contributed by atoms with E-state index in [-0.39, 0.29) is 19.1 Å². The van der Waals surface area contributed by atoms with E-state index in [1.165, 1.54) is 0 Å². The molecule has 0 aliphatic rings. The van der Waals surface area contributed by atoms with Crippen molar-refractivity contribution >= 4 is 28.5 Å². The molecule has 27 heavy (non-hydrogen) atoms. The molecule has 1 N–H and O–H groups in total. The normalized spacial score (nSPS) is 10.9. The van der Waals surface area contributed by atoms with Gasteiger partial charge >= 0.3 is 0 Å². The largest absolute Gasteiger partial charge is 0.486 e. The second kappa shape index (κ2) is 9.39. The molecule has 2 aromatic carbocycles. The molecule has 0 unspecified atom stereocenters. The Morgan fingerprint density at radius 1 is 1.19 bits per heavy atom. The van der Waals surface area contributed by atoms with E-state index in [0.29, 0.717) is 29.7 Å². The minimum atomic E-state index is -0.0676. The van der Waals surface area contributed by atoms with Crippen molar-refractivity contribution in [3.05, 3.63) is 59.4 Å². The SMILES string of the molecule is COCCCNC(=O)Cn1c(COc2ccc(Cl)cc2)nc2ccccc21. The lowest BCUT2D eigenvalue weighted by Gasteiger charge is -2.11. The minimum absolute atomic E-state index is 0.0676. The van der Waals surface area contributed by atoms with Gasteiger partial charge in [-0.15, -0.1) is 0 Å². The van der Waals surface area contributed by atoms with E-state index in [2.05, 4.69) is 10.3 Å². The molecular formula is C20H22ClN3O3. The third-order valence-corrected chi connectivity index (χ3v) is 4.32. The summed E-state index contributed by atoms with van der Waals surface area (Å²) >= 11 is 5.90. The topological polar surface area (TPSA) is 65.4 Å². The Balaban J connectivity index is 1.73. The van der Waals surface area contributed by atoms with Crippen molar-refractivity contribution in [1.82, 2.24) is 14.9 Å². The maximum absolute atomic E-state index is 12.3. The Labute approximate surface area is 163 Å². The number of imidazole rings is 1. The van der Waals surface area contributed by atoms with Gasteiger partial charge in [-0.05, 0) is 42.8 Å². The predicted octanol–water partition coefficient (Wildman–Crippen LogP) is 3.42. The fraction of sp³-hybridized carbons (Fsp3) is 0.300. The number of benzene rings is 2. The van der Waals surface area contributed by atoms with Crippen LogP contribution in [-0.2, 0) is 22.7 Å². The van der Waals surface area contributed by atoms with Crippen LogP contribution in [0.15, 0.2) is 48.5 Å². The monoisotopic (exact) mass is 387 g/mol. The molecule has 0 atom stereocenters. The summed E-state index contributed by atoms with van der Waals surface area (Å²) in [5, 5.41) is 3.56. The summed E-state index contributed by atoms with van der Waals surface area (Å²) < 4.78 is 12.7. The van der Waals surface area contributed by atoms with Gasteiger partial charge in [0.25, 0.3) is 0 Å². The summed E-state index contributed by atoms with van der Waals surface area (Å²) in [6.45, 7) is 1.64. The van der Waals surface area contributed by atoms with E-state index in [9.17, 15) is 4.79 Å². The quantitative estimate of drug-likeness (QED) is 0.571. The smallest absolute Gasteiger partial charge is 0.240 e. The van der Waals surface area contributed by atoms with Gasteiger partial charge in [-0.2, -0.15) is 0 Å². The van der Waals surface area contributed by atoms with Gasteiger partial charge in [0.15, 0.2) is 0 Å². The van der Waals surface area contributed by atoms with Crippen LogP contribution in [0.4, 0.5) is 0 Å². The molecule has 0 spiro atoms. The first-order valence-corrected chi connectivity index (χ1v) is 9.13.